The third-order valence-electron chi connectivity index (χ3n) is 1.86. The molecule has 14 heavy (non-hydrogen) atoms. The molecule has 1 saturated heterocycles. The van der Waals surface area contributed by atoms with Crippen LogP contribution in [-0.2, 0) is 9.59 Å². The highest BCUT2D eigenvalue weighted by Crippen LogP contribution is 2.14. The lowest BCUT2D eigenvalue weighted by atomic mass is 10.2. The van der Waals surface area contributed by atoms with Gasteiger partial charge in [-0.2, -0.15) is 0 Å². The molecule has 1 aliphatic heterocycles. The van der Waals surface area contributed by atoms with E-state index in [-0.39, 0.29) is 11.9 Å². The van der Waals surface area contributed by atoms with E-state index < -0.39 is 0 Å². The second kappa shape index (κ2) is 10.2. The lowest BCUT2D eigenvalue weighted by molar-refractivity contribution is -0.132. The number of likely N-dealkylation sites (tertiary alicyclic amines) is 1. The van der Waals surface area contributed by atoms with Crippen molar-refractivity contribution in [2.75, 3.05) is 13.6 Å². The third kappa shape index (κ3) is 4.97. The molecule has 1 rings (SSSR count). The van der Waals surface area contributed by atoms with E-state index in [1.54, 1.807) is 4.90 Å². The Morgan fingerprint density at radius 3 is 2.21 bits per heavy atom. The molecular weight excluding hydrogens is 180 g/mol. The van der Waals surface area contributed by atoms with Crippen LogP contribution in [0, 0.1) is 0 Å². The standard InChI is InChI=1S/C7H11NO2.C2H6.CH5N/c1-6(10)8-4-2-3-7(8)5-9;2*1-2/h5,7H,2-4H2,1H3;1-2H3;2H2,1H3. The minimum absolute atomic E-state index is 0.00889. The minimum atomic E-state index is -0.141. The van der Waals surface area contributed by atoms with Crippen LogP contribution in [0.25, 0.3) is 0 Å². The first kappa shape index (κ1) is 15.6. The summed E-state index contributed by atoms with van der Waals surface area (Å²) >= 11 is 0. The molecule has 0 aromatic heterocycles. The van der Waals surface area contributed by atoms with Crippen molar-refractivity contribution < 1.29 is 9.59 Å². The number of nitrogens with two attached hydrogens (primary N) is 1. The Balaban J connectivity index is 0. The summed E-state index contributed by atoms with van der Waals surface area (Å²) < 4.78 is 0. The molecule has 0 aromatic rings. The maximum Gasteiger partial charge on any atom is 0.220 e. The van der Waals surface area contributed by atoms with E-state index in [0.717, 1.165) is 25.7 Å². The zero-order chi connectivity index (χ0) is 11.6. The fraction of sp³-hybridized carbons (Fsp3) is 0.800. The Hall–Kier alpha value is -0.900. The van der Waals surface area contributed by atoms with Gasteiger partial charge in [0.1, 0.15) is 6.29 Å². The number of hydrogen-bond acceptors (Lipinski definition) is 3. The summed E-state index contributed by atoms with van der Waals surface area (Å²) in [4.78, 5) is 22.7. The summed E-state index contributed by atoms with van der Waals surface area (Å²) in [5.74, 6) is 0.00889. The second-order valence-corrected chi connectivity index (χ2v) is 2.56. The zero-order valence-electron chi connectivity index (χ0n) is 9.62. The van der Waals surface area contributed by atoms with Crippen LogP contribution in [0.2, 0.25) is 0 Å². The predicted octanol–water partition coefficient (Wildman–Crippen LogP) is 0.797. The first-order valence-corrected chi connectivity index (χ1v) is 5.06. The average Bonchev–Trinajstić information content (AvgIpc) is 2.71. The summed E-state index contributed by atoms with van der Waals surface area (Å²) in [6.07, 6.45) is 2.65. The maximum atomic E-state index is 10.8. The molecule has 1 heterocycles. The van der Waals surface area contributed by atoms with Gasteiger partial charge in [-0.25, -0.2) is 0 Å². The van der Waals surface area contributed by atoms with Gasteiger partial charge in [-0.1, -0.05) is 13.8 Å². The minimum Gasteiger partial charge on any atom is -0.333 e. The molecule has 0 aromatic carbocycles. The Bertz CT molecular complexity index is 160. The molecule has 0 aliphatic carbocycles. The number of aldehydes is 1. The number of nitrogens with zero attached hydrogens (tertiary/aromatic N) is 1. The first-order valence-electron chi connectivity index (χ1n) is 5.06. The van der Waals surface area contributed by atoms with Gasteiger partial charge in [0.05, 0.1) is 6.04 Å². The van der Waals surface area contributed by atoms with E-state index in [1.807, 2.05) is 13.8 Å². The van der Waals surface area contributed by atoms with E-state index in [0.29, 0.717) is 0 Å². The quantitative estimate of drug-likeness (QED) is 0.640. The van der Waals surface area contributed by atoms with Gasteiger partial charge in [-0.3, -0.25) is 4.79 Å². The molecule has 1 unspecified atom stereocenters. The highest BCUT2D eigenvalue weighted by Gasteiger charge is 2.25. The number of carbonyl (C=O) groups is 2. The van der Waals surface area contributed by atoms with E-state index >= 15 is 0 Å². The predicted molar refractivity (Wildman–Crippen MR) is 57.9 cm³/mol. The third-order valence-corrected chi connectivity index (χ3v) is 1.86. The van der Waals surface area contributed by atoms with Crippen LogP contribution in [0.15, 0.2) is 0 Å². The molecule has 84 valence electrons. The van der Waals surface area contributed by atoms with Gasteiger partial charge >= 0.3 is 0 Å². The van der Waals surface area contributed by atoms with Gasteiger partial charge in [0.2, 0.25) is 5.91 Å². The molecule has 2 N–H and O–H groups in total. The van der Waals surface area contributed by atoms with E-state index in [4.69, 9.17) is 0 Å². The maximum absolute atomic E-state index is 10.8. The Labute approximate surface area is 86.5 Å². The Morgan fingerprint density at radius 1 is 1.43 bits per heavy atom. The molecule has 0 spiro atoms. The van der Waals surface area contributed by atoms with Crippen molar-refractivity contribution in [3.63, 3.8) is 0 Å². The summed E-state index contributed by atoms with van der Waals surface area (Å²) in [5, 5.41) is 0. The van der Waals surface area contributed by atoms with Crippen molar-refractivity contribution in [2.24, 2.45) is 5.73 Å². The summed E-state index contributed by atoms with van der Waals surface area (Å²) in [6, 6.07) is -0.141. The topological polar surface area (TPSA) is 63.4 Å². The van der Waals surface area contributed by atoms with Crippen LogP contribution in [-0.4, -0.2) is 36.7 Å². The van der Waals surface area contributed by atoms with Gasteiger partial charge in [0.15, 0.2) is 0 Å². The molecule has 1 fully saturated rings. The second-order valence-electron chi connectivity index (χ2n) is 2.56. The van der Waals surface area contributed by atoms with E-state index in [2.05, 4.69) is 5.73 Å². The van der Waals surface area contributed by atoms with E-state index in [9.17, 15) is 9.59 Å². The molecule has 1 atom stereocenters. The molecule has 4 heteroatoms. The monoisotopic (exact) mass is 202 g/mol. The highest BCUT2D eigenvalue weighted by atomic mass is 16.2. The molecule has 0 saturated carbocycles. The lowest BCUT2D eigenvalue weighted by Crippen LogP contribution is -2.34. The summed E-state index contributed by atoms with van der Waals surface area (Å²) in [6.45, 7) is 6.25. The van der Waals surface area contributed by atoms with Crippen LogP contribution < -0.4 is 5.73 Å². The largest absolute Gasteiger partial charge is 0.333 e. The molecule has 4 nitrogen and oxygen atoms in total. The van der Waals surface area contributed by atoms with Crippen molar-refractivity contribution in [3.05, 3.63) is 0 Å². The summed E-state index contributed by atoms with van der Waals surface area (Å²) in [7, 11) is 1.50. The normalized spacial score (nSPS) is 18.6. The number of carbonyl (C=O) groups excluding carboxylic acids is 2. The van der Waals surface area contributed by atoms with Crippen molar-refractivity contribution >= 4 is 12.2 Å². The van der Waals surface area contributed by atoms with Crippen molar-refractivity contribution in [1.82, 2.24) is 4.90 Å². The van der Waals surface area contributed by atoms with Gasteiger partial charge in [0.25, 0.3) is 0 Å². The van der Waals surface area contributed by atoms with Gasteiger partial charge < -0.3 is 15.4 Å². The summed E-state index contributed by atoms with van der Waals surface area (Å²) in [5.41, 5.74) is 4.50. The SMILES string of the molecule is CC.CC(=O)N1CCCC1C=O.CN. The smallest absolute Gasteiger partial charge is 0.220 e. The highest BCUT2D eigenvalue weighted by molar-refractivity contribution is 5.78. The molecule has 0 radical (unpaired) electrons. The van der Waals surface area contributed by atoms with Crippen molar-refractivity contribution in [3.8, 4) is 0 Å². The zero-order valence-corrected chi connectivity index (χ0v) is 9.62. The number of hydrogen-bond donors (Lipinski definition) is 1. The van der Waals surface area contributed by atoms with Crippen molar-refractivity contribution in [1.29, 1.82) is 0 Å². The van der Waals surface area contributed by atoms with E-state index in [1.165, 1.54) is 14.0 Å². The first-order chi connectivity index (χ1) is 6.75. The molecule has 1 amide bonds. The van der Waals surface area contributed by atoms with Crippen molar-refractivity contribution in [2.45, 2.75) is 39.7 Å². The van der Waals surface area contributed by atoms with Crippen LogP contribution in [0.1, 0.15) is 33.6 Å². The van der Waals surface area contributed by atoms with Gasteiger partial charge in [-0.15, -0.1) is 0 Å². The van der Waals surface area contributed by atoms with Crippen LogP contribution in [0.5, 0.6) is 0 Å². The van der Waals surface area contributed by atoms with Gasteiger partial charge in [-0.05, 0) is 19.9 Å². The number of amides is 1. The molecule has 0 bridgehead atoms. The molecule has 1 aliphatic rings. The fourth-order valence-corrected chi connectivity index (χ4v) is 1.32. The van der Waals surface area contributed by atoms with Crippen LogP contribution in [0.3, 0.4) is 0 Å². The van der Waals surface area contributed by atoms with Crippen LogP contribution in [0.4, 0.5) is 0 Å². The van der Waals surface area contributed by atoms with Crippen LogP contribution >= 0.6 is 0 Å². The Morgan fingerprint density at radius 2 is 1.93 bits per heavy atom. The van der Waals surface area contributed by atoms with Gasteiger partial charge in [0, 0.05) is 13.5 Å². The average molecular weight is 202 g/mol. The number of rotatable bonds is 1. The lowest BCUT2D eigenvalue weighted by Gasteiger charge is -2.17. The fourth-order valence-electron chi connectivity index (χ4n) is 1.32. The Kier molecular flexibility index (Phi) is 11.3. The molecular formula is C10H22N2O2.